The molecule has 0 aliphatic rings. The quantitative estimate of drug-likeness (QED) is 0.710. The summed E-state index contributed by atoms with van der Waals surface area (Å²) >= 11 is 5.54. The first-order valence-corrected chi connectivity index (χ1v) is 7.57. The SMILES string of the molecule is CC(OCc1ccccc1)C(C)Oc1ncc(C(F)(F)F)c(Cl)n1. The Morgan fingerprint density at radius 2 is 1.79 bits per heavy atom. The van der Waals surface area contributed by atoms with Crippen molar-refractivity contribution in [1.82, 2.24) is 9.97 Å². The number of rotatable bonds is 6. The molecular weight excluding hydrogens is 345 g/mol. The highest BCUT2D eigenvalue weighted by molar-refractivity contribution is 6.30. The molecule has 2 unspecified atom stereocenters. The molecule has 8 heteroatoms. The topological polar surface area (TPSA) is 44.2 Å². The molecule has 0 fully saturated rings. The van der Waals surface area contributed by atoms with E-state index in [9.17, 15) is 13.2 Å². The lowest BCUT2D eigenvalue weighted by Crippen LogP contribution is -2.29. The zero-order chi connectivity index (χ0) is 17.7. The van der Waals surface area contributed by atoms with Crippen LogP contribution in [0.2, 0.25) is 5.15 Å². The molecule has 2 aromatic rings. The van der Waals surface area contributed by atoms with Crippen molar-refractivity contribution in [1.29, 1.82) is 0 Å². The molecular formula is C16H16ClF3N2O2. The summed E-state index contributed by atoms with van der Waals surface area (Å²) in [4.78, 5) is 7.09. The predicted octanol–water partition coefficient (Wildman–Crippen LogP) is 4.52. The normalized spacial score (nSPS) is 14.2. The summed E-state index contributed by atoms with van der Waals surface area (Å²) < 4.78 is 48.9. The number of hydrogen-bond acceptors (Lipinski definition) is 4. The molecule has 1 aromatic heterocycles. The Hall–Kier alpha value is -1.86. The monoisotopic (exact) mass is 360 g/mol. The van der Waals surface area contributed by atoms with E-state index in [4.69, 9.17) is 21.1 Å². The first kappa shape index (κ1) is 18.5. The Labute approximate surface area is 142 Å². The summed E-state index contributed by atoms with van der Waals surface area (Å²) in [7, 11) is 0. The third kappa shape index (κ3) is 5.07. The first-order chi connectivity index (χ1) is 11.3. The minimum Gasteiger partial charge on any atom is -0.458 e. The van der Waals surface area contributed by atoms with E-state index in [0.29, 0.717) is 12.8 Å². The van der Waals surface area contributed by atoms with Crippen molar-refractivity contribution in [3.63, 3.8) is 0 Å². The molecule has 0 saturated heterocycles. The van der Waals surface area contributed by atoms with Crippen molar-refractivity contribution in [2.75, 3.05) is 0 Å². The van der Waals surface area contributed by atoms with E-state index < -0.39 is 23.0 Å². The van der Waals surface area contributed by atoms with Crippen molar-refractivity contribution in [2.24, 2.45) is 0 Å². The van der Waals surface area contributed by atoms with Crippen LogP contribution < -0.4 is 4.74 Å². The maximum absolute atomic E-state index is 12.6. The largest absolute Gasteiger partial charge is 0.458 e. The summed E-state index contributed by atoms with van der Waals surface area (Å²) in [6.07, 6.45) is -4.79. The van der Waals surface area contributed by atoms with Gasteiger partial charge in [0.1, 0.15) is 16.8 Å². The molecule has 0 saturated carbocycles. The summed E-state index contributed by atoms with van der Waals surface area (Å²) in [6.45, 7) is 3.90. The first-order valence-electron chi connectivity index (χ1n) is 7.19. The molecule has 2 atom stereocenters. The summed E-state index contributed by atoms with van der Waals surface area (Å²) in [5.41, 5.74) is -0.0945. The second-order valence-electron chi connectivity index (χ2n) is 5.18. The van der Waals surface area contributed by atoms with Crippen molar-refractivity contribution in [3.05, 3.63) is 52.8 Å². The zero-order valence-electron chi connectivity index (χ0n) is 13.0. The van der Waals surface area contributed by atoms with E-state index in [2.05, 4.69) is 9.97 Å². The van der Waals surface area contributed by atoms with Crippen LogP contribution in [0.25, 0.3) is 0 Å². The van der Waals surface area contributed by atoms with Crippen LogP contribution in [0, 0.1) is 0 Å². The molecule has 1 heterocycles. The van der Waals surface area contributed by atoms with E-state index in [1.165, 1.54) is 0 Å². The summed E-state index contributed by atoms with van der Waals surface area (Å²) in [5, 5.41) is -0.697. The van der Waals surface area contributed by atoms with Gasteiger partial charge >= 0.3 is 12.2 Å². The van der Waals surface area contributed by atoms with Gasteiger partial charge in [0, 0.05) is 6.20 Å². The van der Waals surface area contributed by atoms with Crippen LogP contribution in [0.15, 0.2) is 36.5 Å². The Bertz CT molecular complexity index is 668. The van der Waals surface area contributed by atoms with Crippen LogP contribution in [0.3, 0.4) is 0 Å². The molecule has 0 aliphatic heterocycles. The van der Waals surface area contributed by atoms with Crippen molar-refractivity contribution in [2.45, 2.75) is 38.8 Å². The van der Waals surface area contributed by atoms with Gasteiger partial charge in [-0.2, -0.15) is 18.2 Å². The van der Waals surface area contributed by atoms with Gasteiger partial charge in [-0.05, 0) is 19.4 Å². The number of nitrogens with zero attached hydrogens (tertiary/aromatic N) is 2. The van der Waals surface area contributed by atoms with Gasteiger partial charge < -0.3 is 9.47 Å². The minimum absolute atomic E-state index is 0.226. The molecule has 0 radical (unpaired) electrons. The summed E-state index contributed by atoms with van der Waals surface area (Å²) in [6, 6.07) is 9.34. The molecule has 0 spiro atoms. The number of halogens is 4. The van der Waals surface area contributed by atoms with Gasteiger partial charge in [-0.25, -0.2) is 4.98 Å². The van der Waals surface area contributed by atoms with Gasteiger partial charge in [0.05, 0.1) is 12.7 Å². The minimum atomic E-state index is -4.60. The van der Waals surface area contributed by atoms with Crippen LogP contribution in [-0.4, -0.2) is 22.2 Å². The third-order valence-corrected chi connectivity index (χ3v) is 3.62. The van der Waals surface area contributed by atoms with Gasteiger partial charge in [0.2, 0.25) is 0 Å². The lowest BCUT2D eigenvalue weighted by molar-refractivity contribution is -0.138. The smallest absolute Gasteiger partial charge is 0.420 e. The zero-order valence-corrected chi connectivity index (χ0v) is 13.8. The molecule has 0 amide bonds. The highest BCUT2D eigenvalue weighted by atomic mass is 35.5. The fraction of sp³-hybridized carbons (Fsp3) is 0.375. The van der Waals surface area contributed by atoms with Gasteiger partial charge in [-0.15, -0.1) is 0 Å². The fourth-order valence-corrected chi connectivity index (χ4v) is 2.02. The Morgan fingerprint density at radius 3 is 2.38 bits per heavy atom. The standard InChI is InChI=1S/C16H16ClF3N2O2/c1-10(23-9-12-6-4-3-5-7-12)11(2)24-15-21-8-13(14(17)22-15)16(18,19)20/h3-8,10-11H,9H2,1-2H3. The number of alkyl halides is 3. The number of ether oxygens (including phenoxy) is 2. The van der Waals surface area contributed by atoms with Gasteiger partial charge in [-0.3, -0.25) is 0 Å². The van der Waals surface area contributed by atoms with Crippen LogP contribution in [-0.2, 0) is 17.5 Å². The van der Waals surface area contributed by atoms with Gasteiger partial charge in [0.25, 0.3) is 0 Å². The van der Waals surface area contributed by atoms with Gasteiger partial charge in [-0.1, -0.05) is 41.9 Å². The molecule has 0 bridgehead atoms. The second-order valence-corrected chi connectivity index (χ2v) is 5.54. The number of aromatic nitrogens is 2. The lowest BCUT2D eigenvalue weighted by Gasteiger charge is -2.21. The molecule has 24 heavy (non-hydrogen) atoms. The van der Waals surface area contributed by atoms with Crippen molar-refractivity contribution in [3.8, 4) is 6.01 Å². The number of benzene rings is 1. The maximum atomic E-state index is 12.6. The maximum Gasteiger partial charge on any atom is 0.420 e. The molecule has 130 valence electrons. The van der Waals surface area contributed by atoms with E-state index in [1.54, 1.807) is 13.8 Å². The Morgan fingerprint density at radius 1 is 1.12 bits per heavy atom. The van der Waals surface area contributed by atoms with Crippen LogP contribution >= 0.6 is 11.6 Å². The highest BCUT2D eigenvalue weighted by Crippen LogP contribution is 2.33. The van der Waals surface area contributed by atoms with E-state index >= 15 is 0 Å². The molecule has 1 aromatic carbocycles. The number of hydrogen-bond donors (Lipinski definition) is 0. The fourth-order valence-electron chi connectivity index (χ4n) is 1.79. The molecule has 4 nitrogen and oxygen atoms in total. The van der Waals surface area contributed by atoms with E-state index in [0.717, 1.165) is 5.56 Å². The van der Waals surface area contributed by atoms with Crippen molar-refractivity contribution >= 4 is 11.6 Å². The third-order valence-electron chi connectivity index (χ3n) is 3.33. The van der Waals surface area contributed by atoms with E-state index in [1.807, 2.05) is 30.3 Å². The van der Waals surface area contributed by atoms with E-state index in [-0.39, 0.29) is 12.1 Å². The van der Waals surface area contributed by atoms with Crippen LogP contribution in [0.5, 0.6) is 6.01 Å². The predicted molar refractivity (Wildman–Crippen MR) is 82.8 cm³/mol. The average molecular weight is 361 g/mol. The molecule has 2 rings (SSSR count). The molecule has 0 aliphatic carbocycles. The van der Waals surface area contributed by atoms with Crippen LogP contribution in [0.1, 0.15) is 25.0 Å². The average Bonchev–Trinajstić information content (AvgIpc) is 2.52. The lowest BCUT2D eigenvalue weighted by atomic mass is 10.2. The Kier molecular flexibility index (Phi) is 6.01. The molecule has 0 N–H and O–H groups in total. The van der Waals surface area contributed by atoms with Gasteiger partial charge in [0.15, 0.2) is 0 Å². The highest BCUT2D eigenvalue weighted by Gasteiger charge is 2.35. The Balaban J connectivity index is 1.93. The van der Waals surface area contributed by atoms with Crippen LogP contribution in [0.4, 0.5) is 13.2 Å². The summed E-state index contributed by atoms with van der Waals surface area (Å²) in [5.74, 6) is 0. The second kappa shape index (κ2) is 7.81. The van der Waals surface area contributed by atoms with Crippen molar-refractivity contribution < 1.29 is 22.6 Å².